The van der Waals surface area contributed by atoms with Crippen molar-refractivity contribution in [2.45, 2.75) is 38.5 Å². The fourth-order valence-corrected chi connectivity index (χ4v) is 2.35. The van der Waals surface area contributed by atoms with Crippen LogP contribution in [0.5, 0.6) is 5.75 Å². The van der Waals surface area contributed by atoms with Gasteiger partial charge in [-0.1, -0.05) is 12.1 Å². The molecule has 0 unspecified atom stereocenters. The number of ketones is 1. The van der Waals surface area contributed by atoms with E-state index in [-0.39, 0.29) is 24.6 Å². The fourth-order valence-electron chi connectivity index (χ4n) is 2.35. The van der Waals surface area contributed by atoms with Crippen LogP contribution in [0, 0.1) is 0 Å². The summed E-state index contributed by atoms with van der Waals surface area (Å²) in [6.45, 7) is 0.769. The monoisotopic (exact) mass is 276 g/mol. The van der Waals surface area contributed by atoms with Crippen molar-refractivity contribution in [2.75, 3.05) is 13.7 Å². The van der Waals surface area contributed by atoms with Gasteiger partial charge in [0.1, 0.15) is 11.5 Å². The Morgan fingerprint density at radius 1 is 1.25 bits per heavy atom. The summed E-state index contributed by atoms with van der Waals surface area (Å²) in [4.78, 5) is 22.5. The number of hydrogen-bond donors (Lipinski definition) is 0. The van der Waals surface area contributed by atoms with Gasteiger partial charge < -0.3 is 9.47 Å². The molecule has 1 heterocycles. The molecule has 0 bridgehead atoms. The van der Waals surface area contributed by atoms with Crippen molar-refractivity contribution < 1.29 is 19.1 Å². The van der Waals surface area contributed by atoms with Gasteiger partial charge in [-0.05, 0) is 30.0 Å². The molecule has 0 saturated carbocycles. The molecule has 0 fully saturated rings. The normalized spacial score (nSPS) is 12.7. The van der Waals surface area contributed by atoms with E-state index in [1.807, 2.05) is 6.07 Å². The van der Waals surface area contributed by atoms with Gasteiger partial charge in [0.05, 0.1) is 20.1 Å². The van der Waals surface area contributed by atoms with E-state index in [1.165, 1.54) is 18.2 Å². The summed E-state index contributed by atoms with van der Waals surface area (Å²) < 4.78 is 9.98. The van der Waals surface area contributed by atoms with Crippen molar-refractivity contribution in [3.63, 3.8) is 0 Å². The van der Waals surface area contributed by atoms with Crippen LogP contribution < -0.4 is 4.74 Å². The summed E-state index contributed by atoms with van der Waals surface area (Å²) >= 11 is 0. The van der Waals surface area contributed by atoms with Crippen LogP contribution in [0.4, 0.5) is 0 Å². The summed E-state index contributed by atoms with van der Waals surface area (Å²) in [5.74, 6) is 0.791. The second kappa shape index (κ2) is 7.08. The van der Waals surface area contributed by atoms with Crippen molar-refractivity contribution in [1.29, 1.82) is 0 Å². The van der Waals surface area contributed by atoms with Gasteiger partial charge >= 0.3 is 5.97 Å². The predicted octanol–water partition coefficient (Wildman–Crippen LogP) is 2.47. The van der Waals surface area contributed by atoms with Crippen LogP contribution in [0.25, 0.3) is 0 Å². The first-order valence-corrected chi connectivity index (χ1v) is 7.02. The van der Waals surface area contributed by atoms with Gasteiger partial charge in [0.25, 0.3) is 0 Å². The van der Waals surface area contributed by atoms with Gasteiger partial charge in [-0.15, -0.1) is 0 Å². The molecule has 0 saturated heterocycles. The minimum absolute atomic E-state index is 0.125. The van der Waals surface area contributed by atoms with Crippen molar-refractivity contribution in [3.05, 3.63) is 29.3 Å². The quantitative estimate of drug-likeness (QED) is 0.718. The number of carbonyl (C=O) groups excluding carboxylic acids is 2. The highest BCUT2D eigenvalue weighted by Crippen LogP contribution is 2.26. The fraction of sp³-hybridized carbons (Fsp3) is 0.500. The molecular weight excluding hydrogens is 256 g/mol. The van der Waals surface area contributed by atoms with Crippen LogP contribution in [0.3, 0.4) is 0 Å². The Balaban J connectivity index is 1.70. The lowest BCUT2D eigenvalue weighted by Gasteiger charge is -2.04. The molecule has 0 radical (unpaired) electrons. The standard InChI is InChI=1S/C16H20O4/c1-19-16(18)8-6-14(17)4-2-3-12-5-7-15-13(11-12)9-10-20-15/h5,7,11H,2-4,6,8-10H2,1H3. The molecule has 0 amide bonds. The Labute approximate surface area is 119 Å². The molecule has 108 valence electrons. The maximum atomic E-state index is 11.6. The van der Waals surface area contributed by atoms with Crippen LogP contribution in [0.15, 0.2) is 18.2 Å². The lowest BCUT2D eigenvalue weighted by molar-refractivity contribution is -0.141. The van der Waals surface area contributed by atoms with Gasteiger partial charge in [0, 0.05) is 19.3 Å². The molecule has 4 heteroatoms. The average molecular weight is 276 g/mol. The van der Waals surface area contributed by atoms with Gasteiger partial charge in [0.15, 0.2) is 0 Å². The van der Waals surface area contributed by atoms with Gasteiger partial charge in [-0.2, -0.15) is 0 Å². The number of benzene rings is 1. The molecule has 20 heavy (non-hydrogen) atoms. The minimum atomic E-state index is -0.322. The molecule has 0 aromatic heterocycles. The van der Waals surface area contributed by atoms with Crippen LogP contribution in [-0.4, -0.2) is 25.5 Å². The highest BCUT2D eigenvalue weighted by molar-refractivity contribution is 5.82. The third kappa shape index (κ3) is 4.08. The first kappa shape index (κ1) is 14.6. The lowest BCUT2D eigenvalue weighted by atomic mass is 10.0. The SMILES string of the molecule is COC(=O)CCC(=O)CCCc1ccc2c(c1)CCO2. The molecule has 0 spiro atoms. The highest BCUT2D eigenvalue weighted by Gasteiger charge is 2.12. The first-order chi connectivity index (χ1) is 9.69. The van der Waals surface area contributed by atoms with E-state index in [0.717, 1.165) is 31.6 Å². The van der Waals surface area contributed by atoms with E-state index in [4.69, 9.17) is 4.74 Å². The number of Topliss-reactive ketones (excluding diaryl/α,β-unsaturated/α-hetero) is 1. The van der Waals surface area contributed by atoms with Gasteiger partial charge in [-0.25, -0.2) is 0 Å². The third-order valence-corrected chi connectivity index (χ3v) is 3.51. The molecule has 1 aliphatic heterocycles. The zero-order chi connectivity index (χ0) is 14.4. The van der Waals surface area contributed by atoms with E-state index in [1.54, 1.807) is 0 Å². The molecular formula is C16H20O4. The lowest BCUT2D eigenvalue weighted by Crippen LogP contribution is -2.05. The second-order valence-electron chi connectivity index (χ2n) is 5.01. The molecule has 4 nitrogen and oxygen atoms in total. The largest absolute Gasteiger partial charge is 0.493 e. The Bertz CT molecular complexity index is 493. The van der Waals surface area contributed by atoms with E-state index in [0.29, 0.717) is 6.42 Å². The topological polar surface area (TPSA) is 52.6 Å². The molecule has 1 aromatic rings. The van der Waals surface area contributed by atoms with Crippen LogP contribution in [-0.2, 0) is 27.2 Å². The summed E-state index contributed by atoms with van der Waals surface area (Å²) in [5.41, 5.74) is 2.51. The summed E-state index contributed by atoms with van der Waals surface area (Å²) in [6, 6.07) is 6.24. The predicted molar refractivity (Wildman–Crippen MR) is 74.8 cm³/mol. The summed E-state index contributed by atoms with van der Waals surface area (Å²) in [5, 5.41) is 0. The molecule has 1 aliphatic rings. The highest BCUT2D eigenvalue weighted by atomic mass is 16.5. The van der Waals surface area contributed by atoms with E-state index >= 15 is 0 Å². The number of rotatable bonds is 7. The number of methoxy groups -OCH3 is 1. The zero-order valence-corrected chi connectivity index (χ0v) is 11.8. The number of aryl methyl sites for hydroxylation is 1. The Kier molecular flexibility index (Phi) is 5.16. The Morgan fingerprint density at radius 3 is 2.90 bits per heavy atom. The van der Waals surface area contributed by atoms with Crippen molar-refractivity contribution in [2.24, 2.45) is 0 Å². The maximum absolute atomic E-state index is 11.6. The number of ether oxygens (including phenoxy) is 2. The van der Waals surface area contributed by atoms with E-state index < -0.39 is 0 Å². The van der Waals surface area contributed by atoms with Gasteiger partial charge in [-0.3, -0.25) is 9.59 Å². The van der Waals surface area contributed by atoms with E-state index in [2.05, 4.69) is 16.9 Å². The van der Waals surface area contributed by atoms with E-state index in [9.17, 15) is 9.59 Å². The number of carbonyl (C=O) groups is 2. The molecule has 2 rings (SSSR count). The summed E-state index contributed by atoms with van der Waals surface area (Å²) in [7, 11) is 1.34. The number of hydrogen-bond acceptors (Lipinski definition) is 4. The maximum Gasteiger partial charge on any atom is 0.305 e. The van der Waals surface area contributed by atoms with Crippen molar-refractivity contribution in [1.82, 2.24) is 0 Å². The second-order valence-corrected chi connectivity index (χ2v) is 5.01. The minimum Gasteiger partial charge on any atom is -0.493 e. The molecule has 1 aromatic carbocycles. The van der Waals surface area contributed by atoms with Crippen LogP contribution in [0.1, 0.15) is 36.8 Å². The van der Waals surface area contributed by atoms with Crippen molar-refractivity contribution in [3.8, 4) is 5.75 Å². The van der Waals surface area contributed by atoms with Crippen molar-refractivity contribution >= 4 is 11.8 Å². The zero-order valence-electron chi connectivity index (χ0n) is 11.8. The number of fused-ring (bicyclic) bond motifs is 1. The number of esters is 1. The molecule has 0 N–H and O–H groups in total. The smallest absolute Gasteiger partial charge is 0.305 e. The van der Waals surface area contributed by atoms with Crippen LogP contribution >= 0.6 is 0 Å². The third-order valence-electron chi connectivity index (χ3n) is 3.51. The van der Waals surface area contributed by atoms with Crippen LogP contribution in [0.2, 0.25) is 0 Å². The average Bonchev–Trinajstić information content (AvgIpc) is 2.92. The van der Waals surface area contributed by atoms with Gasteiger partial charge in [0.2, 0.25) is 0 Å². The molecule has 0 aliphatic carbocycles. The summed E-state index contributed by atoms with van der Waals surface area (Å²) in [6.07, 6.45) is 3.67. The first-order valence-electron chi connectivity index (χ1n) is 7.02. The Morgan fingerprint density at radius 2 is 2.10 bits per heavy atom. The Hall–Kier alpha value is -1.84. The molecule has 0 atom stereocenters.